The maximum Gasteiger partial charge on any atom is 0.233 e. The lowest BCUT2D eigenvalue weighted by atomic mass is 10.5. The Morgan fingerprint density at radius 3 is 2.92 bits per heavy atom. The molecule has 4 heteroatoms. The van der Waals surface area contributed by atoms with Gasteiger partial charge < -0.3 is 4.74 Å². The number of hydrogen-bond acceptors (Lipinski definition) is 3. The van der Waals surface area contributed by atoms with Crippen LogP contribution in [0.15, 0.2) is 24.3 Å². The second-order valence-electron chi connectivity index (χ2n) is 2.07. The first-order chi connectivity index (χ1) is 5.83. The number of hydrogen-bond donors (Lipinski definition) is 0. The van der Waals surface area contributed by atoms with Crippen molar-refractivity contribution in [3.63, 3.8) is 0 Å². The van der Waals surface area contributed by atoms with Crippen LogP contribution in [0.5, 0.6) is 5.88 Å². The monoisotopic (exact) mass is 184 g/mol. The van der Waals surface area contributed by atoms with Crippen molar-refractivity contribution < 1.29 is 4.74 Å². The molecule has 0 radical (unpaired) electrons. The quantitative estimate of drug-likeness (QED) is 0.675. The van der Waals surface area contributed by atoms with E-state index in [0.717, 1.165) is 0 Å². The topological polar surface area (TPSA) is 35.0 Å². The van der Waals surface area contributed by atoms with Crippen LogP contribution < -0.4 is 4.74 Å². The number of aromatic nitrogens is 2. The summed E-state index contributed by atoms with van der Waals surface area (Å²) in [5.41, 5.74) is 0. The Labute approximate surface area is 76.0 Å². The van der Waals surface area contributed by atoms with Crippen molar-refractivity contribution in [2.75, 3.05) is 6.61 Å². The minimum atomic E-state index is 0.369. The molecule has 0 fully saturated rings. The minimum Gasteiger partial charge on any atom is -0.472 e. The molecule has 0 spiro atoms. The Morgan fingerprint density at radius 2 is 2.33 bits per heavy atom. The highest BCUT2D eigenvalue weighted by Gasteiger charge is 1.93. The minimum absolute atomic E-state index is 0.369. The number of ether oxygens (including phenoxy) is 1. The molecule has 0 bridgehead atoms. The van der Waals surface area contributed by atoms with Gasteiger partial charge in [-0.2, -0.15) is 0 Å². The van der Waals surface area contributed by atoms with Crippen molar-refractivity contribution in [3.05, 3.63) is 29.4 Å². The van der Waals surface area contributed by atoms with Gasteiger partial charge in [0, 0.05) is 6.07 Å². The number of allylic oxidation sites excluding steroid dienone is 1. The lowest BCUT2D eigenvalue weighted by Crippen LogP contribution is -1.96. The summed E-state index contributed by atoms with van der Waals surface area (Å²) in [7, 11) is 0. The summed E-state index contributed by atoms with van der Waals surface area (Å²) in [4.78, 5) is 0. The molecule has 0 saturated heterocycles. The number of nitrogens with zero attached hydrogens (tertiary/aromatic N) is 2. The van der Waals surface area contributed by atoms with Crippen LogP contribution in [0.1, 0.15) is 6.92 Å². The Balaban J connectivity index is 2.47. The summed E-state index contributed by atoms with van der Waals surface area (Å²) < 4.78 is 5.18. The largest absolute Gasteiger partial charge is 0.472 e. The molecule has 12 heavy (non-hydrogen) atoms. The Hall–Kier alpha value is -1.09. The van der Waals surface area contributed by atoms with Crippen LogP contribution in [0.25, 0.3) is 0 Å². The highest BCUT2D eigenvalue weighted by atomic mass is 35.5. The second kappa shape index (κ2) is 4.72. The average molecular weight is 185 g/mol. The number of rotatable bonds is 3. The van der Waals surface area contributed by atoms with Gasteiger partial charge in [0.1, 0.15) is 6.61 Å². The van der Waals surface area contributed by atoms with Crippen LogP contribution in [-0.4, -0.2) is 16.8 Å². The fraction of sp³-hybridized carbons (Fsp3) is 0.250. The van der Waals surface area contributed by atoms with E-state index in [2.05, 4.69) is 10.2 Å². The van der Waals surface area contributed by atoms with Gasteiger partial charge in [-0.15, -0.1) is 10.2 Å². The summed E-state index contributed by atoms with van der Waals surface area (Å²) in [6.07, 6.45) is 3.79. The van der Waals surface area contributed by atoms with Gasteiger partial charge in [0.05, 0.1) is 0 Å². The highest BCUT2D eigenvalue weighted by Crippen LogP contribution is 2.07. The van der Waals surface area contributed by atoms with E-state index in [1.54, 1.807) is 12.1 Å². The second-order valence-corrected chi connectivity index (χ2v) is 2.46. The zero-order valence-electron chi connectivity index (χ0n) is 6.70. The predicted molar refractivity (Wildman–Crippen MR) is 47.4 cm³/mol. The van der Waals surface area contributed by atoms with Crippen LogP contribution in [0.3, 0.4) is 0 Å². The van der Waals surface area contributed by atoms with Crippen molar-refractivity contribution in [3.8, 4) is 5.88 Å². The van der Waals surface area contributed by atoms with Gasteiger partial charge in [0.15, 0.2) is 5.15 Å². The van der Waals surface area contributed by atoms with Crippen molar-refractivity contribution >= 4 is 11.6 Å². The molecule has 64 valence electrons. The van der Waals surface area contributed by atoms with Crippen molar-refractivity contribution in [2.45, 2.75) is 6.92 Å². The van der Waals surface area contributed by atoms with E-state index in [1.165, 1.54) is 0 Å². The van der Waals surface area contributed by atoms with Crippen LogP contribution in [0, 0.1) is 0 Å². The fourth-order valence-corrected chi connectivity index (χ4v) is 0.711. The smallest absolute Gasteiger partial charge is 0.233 e. The molecule has 0 aliphatic heterocycles. The average Bonchev–Trinajstić information content (AvgIpc) is 2.09. The van der Waals surface area contributed by atoms with Gasteiger partial charge in [-0.25, -0.2) is 0 Å². The first-order valence-electron chi connectivity index (χ1n) is 3.56. The fourth-order valence-electron chi connectivity index (χ4n) is 0.610. The van der Waals surface area contributed by atoms with Gasteiger partial charge in [-0.1, -0.05) is 23.8 Å². The van der Waals surface area contributed by atoms with Crippen molar-refractivity contribution in [2.24, 2.45) is 0 Å². The number of halogens is 1. The first kappa shape index (κ1) is 9.00. The Morgan fingerprint density at radius 1 is 1.50 bits per heavy atom. The SMILES string of the molecule is CC=CCOc1ccc(Cl)nn1. The van der Waals surface area contributed by atoms with Gasteiger partial charge in [0.25, 0.3) is 0 Å². The summed E-state index contributed by atoms with van der Waals surface area (Å²) in [6, 6.07) is 3.32. The molecule has 0 amide bonds. The molecular weight excluding hydrogens is 176 g/mol. The highest BCUT2D eigenvalue weighted by molar-refractivity contribution is 6.29. The van der Waals surface area contributed by atoms with Crippen LogP contribution in [-0.2, 0) is 0 Å². The third-order valence-electron chi connectivity index (χ3n) is 1.17. The maximum absolute atomic E-state index is 5.53. The van der Waals surface area contributed by atoms with Gasteiger partial charge >= 0.3 is 0 Å². The molecule has 0 atom stereocenters. The van der Waals surface area contributed by atoms with Crippen LogP contribution in [0.4, 0.5) is 0 Å². The third kappa shape index (κ3) is 2.88. The molecule has 0 aliphatic rings. The predicted octanol–water partition coefficient (Wildman–Crippen LogP) is 2.08. The lowest BCUT2D eigenvalue weighted by Gasteiger charge is -1.99. The van der Waals surface area contributed by atoms with E-state index in [4.69, 9.17) is 16.3 Å². The van der Waals surface area contributed by atoms with E-state index in [9.17, 15) is 0 Å². The molecule has 1 aromatic rings. The van der Waals surface area contributed by atoms with Gasteiger partial charge in [-0.3, -0.25) is 0 Å². The van der Waals surface area contributed by atoms with Gasteiger partial charge in [0.2, 0.25) is 5.88 Å². The van der Waals surface area contributed by atoms with Crippen molar-refractivity contribution in [1.29, 1.82) is 0 Å². The maximum atomic E-state index is 5.53. The molecule has 0 saturated carbocycles. The normalized spacial score (nSPS) is 10.5. The first-order valence-corrected chi connectivity index (χ1v) is 3.94. The summed E-state index contributed by atoms with van der Waals surface area (Å²) in [6.45, 7) is 2.43. The zero-order chi connectivity index (χ0) is 8.81. The van der Waals surface area contributed by atoms with E-state index in [-0.39, 0.29) is 0 Å². The van der Waals surface area contributed by atoms with Crippen molar-refractivity contribution in [1.82, 2.24) is 10.2 Å². The van der Waals surface area contributed by atoms with Gasteiger partial charge in [-0.05, 0) is 13.0 Å². The molecule has 0 aromatic carbocycles. The van der Waals surface area contributed by atoms with E-state index >= 15 is 0 Å². The Bertz CT molecular complexity index is 258. The molecule has 1 rings (SSSR count). The third-order valence-corrected chi connectivity index (χ3v) is 1.37. The lowest BCUT2D eigenvalue weighted by molar-refractivity contribution is 0.343. The molecule has 0 unspecified atom stereocenters. The van der Waals surface area contributed by atoms with Crippen LogP contribution >= 0.6 is 11.6 Å². The van der Waals surface area contributed by atoms with Crippen LogP contribution in [0.2, 0.25) is 5.15 Å². The van der Waals surface area contributed by atoms with E-state index in [0.29, 0.717) is 17.6 Å². The molecule has 3 nitrogen and oxygen atoms in total. The summed E-state index contributed by atoms with van der Waals surface area (Å²) in [5, 5.41) is 7.71. The van der Waals surface area contributed by atoms with E-state index < -0.39 is 0 Å². The van der Waals surface area contributed by atoms with E-state index in [1.807, 2.05) is 19.1 Å². The molecular formula is C8H9ClN2O. The summed E-state index contributed by atoms with van der Waals surface area (Å²) >= 11 is 5.53. The summed E-state index contributed by atoms with van der Waals surface area (Å²) in [5.74, 6) is 0.484. The zero-order valence-corrected chi connectivity index (χ0v) is 7.45. The molecule has 0 N–H and O–H groups in total. The molecule has 0 aliphatic carbocycles. The molecule has 1 heterocycles. The molecule has 1 aromatic heterocycles. The standard InChI is InChI=1S/C8H9ClN2O/c1-2-3-6-12-8-5-4-7(9)10-11-8/h2-5H,6H2,1H3. The Kier molecular flexibility index (Phi) is 3.54.